The maximum absolute atomic E-state index is 12.9. The maximum atomic E-state index is 12.9. The molecule has 0 saturated heterocycles. The number of amides is 1. The van der Waals surface area contributed by atoms with Gasteiger partial charge < -0.3 is 29.0 Å². The van der Waals surface area contributed by atoms with Crippen molar-refractivity contribution in [3.8, 4) is 28.7 Å². The quantitative estimate of drug-likeness (QED) is 0.460. The number of sulfonamides is 1. The van der Waals surface area contributed by atoms with Crippen LogP contribution in [0.2, 0.25) is 0 Å². The molecule has 11 heteroatoms. The summed E-state index contributed by atoms with van der Waals surface area (Å²) in [6.07, 6.45) is 0.862. The van der Waals surface area contributed by atoms with Crippen LogP contribution in [0.15, 0.2) is 24.3 Å². The first-order chi connectivity index (χ1) is 16.8. The molecule has 0 saturated carbocycles. The highest BCUT2D eigenvalue weighted by molar-refractivity contribution is 7.89. The highest BCUT2D eigenvalue weighted by Gasteiger charge is 2.27. The molecule has 0 bridgehead atoms. The molecule has 0 atom stereocenters. The molecule has 0 spiro atoms. The van der Waals surface area contributed by atoms with Crippen LogP contribution in [-0.2, 0) is 23.0 Å². The topological polar surface area (TPSA) is 113 Å². The first-order valence-electron chi connectivity index (χ1n) is 11.1. The first kappa shape index (κ1) is 26.4. The number of carbonyl (C=O) groups is 1. The molecule has 0 fully saturated rings. The Morgan fingerprint density at radius 1 is 0.857 bits per heavy atom. The molecule has 1 heterocycles. The normalized spacial score (nSPS) is 13.5. The van der Waals surface area contributed by atoms with Gasteiger partial charge in [0.15, 0.2) is 23.0 Å². The fraction of sp³-hybridized carbons (Fsp3) is 0.458. The summed E-state index contributed by atoms with van der Waals surface area (Å²) in [5.74, 6) is 1.86. The summed E-state index contributed by atoms with van der Waals surface area (Å²) < 4.78 is 53.8. The average Bonchev–Trinajstić information content (AvgIpc) is 2.88. The molecular formula is C24H32N2O8S. The van der Waals surface area contributed by atoms with Crippen molar-refractivity contribution in [3.05, 3.63) is 41.0 Å². The van der Waals surface area contributed by atoms with E-state index in [0.717, 1.165) is 11.1 Å². The Morgan fingerprint density at radius 3 is 1.97 bits per heavy atom. The van der Waals surface area contributed by atoms with E-state index >= 15 is 0 Å². The zero-order valence-corrected chi connectivity index (χ0v) is 21.5. The zero-order chi connectivity index (χ0) is 25.6. The van der Waals surface area contributed by atoms with Gasteiger partial charge in [0.25, 0.3) is 5.91 Å². The van der Waals surface area contributed by atoms with Crippen molar-refractivity contribution in [1.29, 1.82) is 0 Å². The van der Waals surface area contributed by atoms with Gasteiger partial charge in [0.2, 0.25) is 15.8 Å². The lowest BCUT2D eigenvalue weighted by molar-refractivity contribution is 0.0952. The van der Waals surface area contributed by atoms with Gasteiger partial charge >= 0.3 is 0 Å². The van der Waals surface area contributed by atoms with Crippen molar-refractivity contribution in [1.82, 2.24) is 9.62 Å². The molecular weight excluding hydrogens is 476 g/mol. The smallest absolute Gasteiger partial charge is 0.251 e. The van der Waals surface area contributed by atoms with Crippen LogP contribution in [-0.4, -0.2) is 73.0 Å². The molecule has 1 N–H and O–H groups in total. The summed E-state index contributed by atoms with van der Waals surface area (Å²) in [5, 5.41) is 2.75. The van der Waals surface area contributed by atoms with Gasteiger partial charge in [-0.3, -0.25) is 4.79 Å². The lowest BCUT2D eigenvalue weighted by Gasteiger charge is -2.29. The molecule has 1 aliphatic heterocycles. The minimum atomic E-state index is -3.50. The van der Waals surface area contributed by atoms with Gasteiger partial charge in [0.1, 0.15) is 0 Å². The number of benzene rings is 2. The van der Waals surface area contributed by atoms with E-state index in [4.69, 9.17) is 23.7 Å². The summed E-state index contributed by atoms with van der Waals surface area (Å²) in [6.45, 7) is 0.864. The van der Waals surface area contributed by atoms with E-state index in [9.17, 15) is 13.2 Å². The van der Waals surface area contributed by atoms with Crippen LogP contribution >= 0.6 is 0 Å². The van der Waals surface area contributed by atoms with E-state index in [-0.39, 0.29) is 31.2 Å². The summed E-state index contributed by atoms with van der Waals surface area (Å²) in [4.78, 5) is 12.6. The number of carbonyl (C=O) groups excluding carboxylic acids is 1. The van der Waals surface area contributed by atoms with Gasteiger partial charge in [-0.25, -0.2) is 8.42 Å². The molecule has 0 aromatic heterocycles. The van der Waals surface area contributed by atoms with Crippen LogP contribution in [0.4, 0.5) is 0 Å². The minimum Gasteiger partial charge on any atom is -0.493 e. The van der Waals surface area contributed by atoms with E-state index in [1.165, 1.54) is 25.6 Å². The number of hydrogen-bond acceptors (Lipinski definition) is 8. The summed E-state index contributed by atoms with van der Waals surface area (Å²) in [6, 6.07) is 6.81. The van der Waals surface area contributed by atoms with Crippen molar-refractivity contribution >= 4 is 15.9 Å². The predicted molar refractivity (Wildman–Crippen MR) is 130 cm³/mol. The second kappa shape index (κ2) is 11.5. The fourth-order valence-corrected chi connectivity index (χ4v) is 5.47. The molecule has 0 aliphatic carbocycles. The molecule has 3 rings (SSSR count). The molecule has 0 radical (unpaired) electrons. The van der Waals surface area contributed by atoms with Crippen molar-refractivity contribution in [3.63, 3.8) is 0 Å². The average molecular weight is 509 g/mol. The summed E-state index contributed by atoms with van der Waals surface area (Å²) in [5.41, 5.74) is 2.26. The second-order valence-corrected chi connectivity index (χ2v) is 9.99. The van der Waals surface area contributed by atoms with E-state index in [1.807, 2.05) is 12.1 Å². The molecule has 10 nitrogen and oxygen atoms in total. The Hall–Kier alpha value is -3.18. The van der Waals surface area contributed by atoms with Crippen LogP contribution < -0.4 is 29.0 Å². The molecule has 1 aliphatic rings. The molecule has 2 aromatic rings. The molecule has 0 unspecified atom stereocenters. The number of nitrogens with zero attached hydrogens (tertiary/aromatic N) is 1. The van der Waals surface area contributed by atoms with Crippen LogP contribution in [0.3, 0.4) is 0 Å². The first-order valence-corrected chi connectivity index (χ1v) is 12.7. The van der Waals surface area contributed by atoms with E-state index in [1.54, 1.807) is 26.4 Å². The van der Waals surface area contributed by atoms with E-state index in [0.29, 0.717) is 47.3 Å². The van der Waals surface area contributed by atoms with Gasteiger partial charge in [-0.15, -0.1) is 0 Å². The van der Waals surface area contributed by atoms with Gasteiger partial charge in [-0.1, -0.05) is 0 Å². The Kier molecular flexibility index (Phi) is 8.68. The number of rotatable bonds is 11. The third-order valence-corrected chi connectivity index (χ3v) is 7.77. The van der Waals surface area contributed by atoms with Crippen LogP contribution in [0.5, 0.6) is 28.7 Å². The standard InChI is InChI=1S/C24H32N2O8S/c1-30-19-11-16-7-9-26(15-18(16)14-20(19)31-2)35(28,29)10-6-8-25-24(27)17-12-21(32-3)23(34-5)22(13-17)33-4/h11-14H,6-10,15H2,1-5H3,(H,25,27). The van der Waals surface area contributed by atoms with Crippen LogP contribution in [0, 0.1) is 0 Å². The number of fused-ring (bicyclic) bond motifs is 1. The monoisotopic (exact) mass is 508 g/mol. The van der Waals surface area contributed by atoms with Gasteiger partial charge in [-0.2, -0.15) is 4.31 Å². The fourth-order valence-electron chi connectivity index (χ4n) is 3.99. The van der Waals surface area contributed by atoms with Gasteiger partial charge in [0, 0.05) is 25.2 Å². The Morgan fingerprint density at radius 2 is 1.43 bits per heavy atom. The highest BCUT2D eigenvalue weighted by atomic mass is 32.2. The molecule has 1 amide bonds. The summed E-state index contributed by atoms with van der Waals surface area (Å²) in [7, 11) is 4.04. The molecule has 192 valence electrons. The lowest BCUT2D eigenvalue weighted by atomic mass is 10.0. The number of ether oxygens (including phenoxy) is 5. The zero-order valence-electron chi connectivity index (χ0n) is 20.7. The van der Waals surface area contributed by atoms with Crippen molar-refractivity contribution in [2.45, 2.75) is 19.4 Å². The Balaban J connectivity index is 1.58. The van der Waals surface area contributed by atoms with Crippen LogP contribution in [0.25, 0.3) is 0 Å². The number of nitrogens with one attached hydrogen (secondary N) is 1. The lowest BCUT2D eigenvalue weighted by Crippen LogP contribution is -2.38. The molecule has 2 aromatic carbocycles. The number of methoxy groups -OCH3 is 5. The van der Waals surface area contributed by atoms with Gasteiger partial charge in [0.05, 0.1) is 41.3 Å². The summed E-state index contributed by atoms with van der Waals surface area (Å²) >= 11 is 0. The maximum Gasteiger partial charge on any atom is 0.251 e. The van der Waals surface area contributed by atoms with Crippen molar-refractivity contribution in [2.75, 3.05) is 54.4 Å². The number of hydrogen-bond donors (Lipinski definition) is 1. The van der Waals surface area contributed by atoms with Gasteiger partial charge in [-0.05, 0) is 48.2 Å². The van der Waals surface area contributed by atoms with E-state index in [2.05, 4.69) is 5.32 Å². The largest absolute Gasteiger partial charge is 0.493 e. The van der Waals surface area contributed by atoms with Crippen LogP contribution in [0.1, 0.15) is 27.9 Å². The minimum absolute atomic E-state index is 0.0782. The SMILES string of the molecule is COc1cc2c(cc1OC)CN(S(=O)(=O)CCCNC(=O)c1cc(OC)c(OC)c(OC)c1)CC2. The Bertz CT molecular complexity index is 1140. The van der Waals surface area contributed by atoms with Crippen molar-refractivity contribution in [2.24, 2.45) is 0 Å². The third-order valence-electron chi connectivity index (χ3n) is 5.87. The highest BCUT2D eigenvalue weighted by Crippen LogP contribution is 2.38. The van der Waals surface area contributed by atoms with E-state index < -0.39 is 10.0 Å². The third kappa shape index (κ3) is 5.91. The molecule has 35 heavy (non-hydrogen) atoms. The second-order valence-electron chi connectivity index (χ2n) is 7.90. The van der Waals surface area contributed by atoms with Crippen molar-refractivity contribution < 1.29 is 36.9 Å². The predicted octanol–water partition coefficient (Wildman–Crippen LogP) is 2.24. The Labute approximate surface area is 206 Å².